The first-order valence-corrected chi connectivity index (χ1v) is 15.0. The molecule has 1 fully saturated rings. The molecule has 14 heteroatoms. The quantitative estimate of drug-likeness (QED) is 0.315. The first-order valence-electron chi connectivity index (χ1n) is 13.3. The highest BCUT2D eigenvalue weighted by molar-refractivity contribution is 7.07. The van der Waals surface area contributed by atoms with Gasteiger partial charge in [0.25, 0.3) is 0 Å². The zero-order chi connectivity index (χ0) is 29.1. The van der Waals surface area contributed by atoms with Crippen molar-refractivity contribution in [3.05, 3.63) is 44.5 Å². The van der Waals surface area contributed by atoms with Crippen LogP contribution in [0.2, 0.25) is 10.0 Å². The van der Waals surface area contributed by atoms with E-state index in [1.54, 1.807) is 17.8 Å². The average Bonchev–Trinajstić information content (AvgIpc) is 3.50. The number of aromatic nitrogens is 3. The van der Waals surface area contributed by atoms with Crippen molar-refractivity contribution in [2.45, 2.75) is 64.2 Å². The Hall–Kier alpha value is -3.35. The van der Waals surface area contributed by atoms with E-state index in [1.807, 2.05) is 12.3 Å². The monoisotopic (exact) mass is 619 g/mol. The van der Waals surface area contributed by atoms with Crippen molar-refractivity contribution in [1.29, 1.82) is 0 Å². The van der Waals surface area contributed by atoms with Gasteiger partial charge in [0, 0.05) is 41.7 Å². The molecule has 0 radical (unpaired) electrons. The summed E-state index contributed by atoms with van der Waals surface area (Å²) in [7, 11) is 2.96. The molecule has 0 bridgehead atoms. The molecule has 3 heterocycles. The standard InChI is InChI=1S/C27H31Cl2N7O4S/c1-4-21(37)32-17-7-5-6-8-18(17)33-26-30-10-15-11-35(24-22(28)19(39-2)9-20(40-3)23(24)29)27(38)36(25(15)34-26)12-16-13-41-14-31-16/h9-10,13-14,17-18H,4-8,11-12H2,1-3H3,(H,32,37)(H,30,33,34)/t17-,18+/m0/s1. The Balaban J connectivity index is 1.52. The number of benzene rings is 1. The van der Waals surface area contributed by atoms with Crippen molar-refractivity contribution in [2.75, 3.05) is 29.3 Å². The molecular weight excluding hydrogens is 589 g/mol. The summed E-state index contributed by atoms with van der Waals surface area (Å²) in [6.07, 6.45) is 5.96. The number of carbonyl (C=O) groups is 2. The Kier molecular flexibility index (Phi) is 9.00. The largest absolute Gasteiger partial charge is 0.495 e. The van der Waals surface area contributed by atoms with Crippen molar-refractivity contribution in [1.82, 2.24) is 20.3 Å². The van der Waals surface area contributed by atoms with E-state index in [0.29, 0.717) is 40.9 Å². The van der Waals surface area contributed by atoms with Crippen LogP contribution in [-0.2, 0) is 17.9 Å². The summed E-state index contributed by atoms with van der Waals surface area (Å²) >= 11 is 14.8. The second-order valence-corrected chi connectivity index (χ2v) is 11.3. The van der Waals surface area contributed by atoms with Gasteiger partial charge in [0.1, 0.15) is 27.4 Å². The number of hydrogen-bond acceptors (Lipinski definition) is 9. The van der Waals surface area contributed by atoms with Gasteiger partial charge in [-0.3, -0.25) is 14.6 Å². The molecule has 2 atom stereocenters. The van der Waals surface area contributed by atoms with Crippen LogP contribution in [0.15, 0.2) is 23.2 Å². The summed E-state index contributed by atoms with van der Waals surface area (Å²) in [6, 6.07) is 1.14. The van der Waals surface area contributed by atoms with Crippen LogP contribution in [-0.4, -0.2) is 53.2 Å². The summed E-state index contributed by atoms with van der Waals surface area (Å²) in [4.78, 5) is 43.0. The van der Waals surface area contributed by atoms with Gasteiger partial charge >= 0.3 is 6.03 Å². The summed E-state index contributed by atoms with van der Waals surface area (Å²) in [6.45, 7) is 2.14. The van der Waals surface area contributed by atoms with E-state index in [4.69, 9.17) is 37.7 Å². The molecule has 2 N–H and O–H groups in total. The van der Waals surface area contributed by atoms with Crippen LogP contribution in [0.3, 0.4) is 0 Å². The molecule has 0 saturated heterocycles. The number of urea groups is 1. The maximum atomic E-state index is 14.1. The first kappa shape index (κ1) is 29.2. The molecule has 1 aliphatic carbocycles. The highest BCUT2D eigenvalue weighted by Crippen LogP contribution is 2.48. The molecule has 5 rings (SSSR count). The van der Waals surface area contributed by atoms with E-state index < -0.39 is 0 Å². The van der Waals surface area contributed by atoms with Crippen molar-refractivity contribution in [2.24, 2.45) is 0 Å². The molecule has 11 nitrogen and oxygen atoms in total. The number of ether oxygens (including phenoxy) is 2. The Morgan fingerprint density at radius 1 is 1.12 bits per heavy atom. The van der Waals surface area contributed by atoms with Crippen molar-refractivity contribution in [3.63, 3.8) is 0 Å². The minimum absolute atomic E-state index is 0.0154. The van der Waals surface area contributed by atoms with Gasteiger partial charge in [0.2, 0.25) is 11.9 Å². The number of anilines is 3. The topological polar surface area (TPSA) is 122 Å². The summed E-state index contributed by atoms with van der Waals surface area (Å²) in [5, 5.41) is 8.78. The lowest BCUT2D eigenvalue weighted by atomic mass is 9.90. The fourth-order valence-corrected chi connectivity index (χ4v) is 6.40. The fraction of sp³-hybridized carbons (Fsp3) is 0.444. The van der Waals surface area contributed by atoms with Crippen LogP contribution in [0.4, 0.5) is 22.2 Å². The molecule has 1 aromatic carbocycles. The molecule has 1 aliphatic heterocycles. The van der Waals surface area contributed by atoms with Gasteiger partial charge in [0.05, 0.1) is 44.2 Å². The number of carbonyl (C=O) groups excluding carboxylic acids is 2. The summed E-state index contributed by atoms with van der Waals surface area (Å²) in [5.74, 6) is 1.50. The zero-order valence-corrected chi connectivity index (χ0v) is 25.3. The van der Waals surface area contributed by atoms with Crippen LogP contribution in [0.1, 0.15) is 50.3 Å². The molecule has 2 aliphatic rings. The van der Waals surface area contributed by atoms with Gasteiger partial charge in [-0.1, -0.05) is 43.0 Å². The molecular formula is C27H31Cl2N7O4S. The second kappa shape index (κ2) is 12.7. The van der Waals surface area contributed by atoms with Crippen LogP contribution in [0.5, 0.6) is 11.5 Å². The zero-order valence-electron chi connectivity index (χ0n) is 22.9. The highest BCUT2D eigenvalue weighted by atomic mass is 35.5. The molecule has 2 aromatic heterocycles. The van der Waals surface area contributed by atoms with E-state index in [-0.39, 0.29) is 52.8 Å². The number of thiazole rings is 1. The highest BCUT2D eigenvalue weighted by Gasteiger charge is 2.37. The first-order chi connectivity index (χ1) is 19.8. The smallest absolute Gasteiger partial charge is 0.330 e. The van der Waals surface area contributed by atoms with E-state index in [9.17, 15) is 9.59 Å². The van der Waals surface area contributed by atoms with Crippen LogP contribution < -0.4 is 29.9 Å². The van der Waals surface area contributed by atoms with E-state index in [0.717, 1.165) is 25.7 Å². The predicted molar refractivity (Wildman–Crippen MR) is 160 cm³/mol. The SMILES string of the molecule is CCC(=O)N[C@H]1CCCC[C@H]1Nc1ncc2c(n1)N(Cc1cscn1)C(=O)N(c1c(Cl)c(OC)cc(OC)c1Cl)C2. The molecule has 1 saturated carbocycles. The number of methoxy groups -OCH3 is 2. The Morgan fingerprint density at radius 2 is 1.83 bits per heavy atom. The third kappa shape index (κ3) is 6.00. The summed E-state index contributed by atoms with van der Waals surface area (Å²) < 4.78 is 10.9. The number of amides is 3. The molecule has 0 spiro atoms. The maximum absolute atomic E-state index is 14.1. The number of rotatable bonds is 9. The minimum Gasteiger partial charge on any atom is -0.495 e. The van der Waals surface area contributed by atoms with Crippen LogP contribution in [0, 0.1) is 0 Å². The average molecular weight is 621 g/mol. The van der Waals surface area contributed by atoms with Crippen molar-refractivity contribution < 1.29 is 19.1 Å². The Bertz CT molecular complexity index is 1400. The third-order valence-corrected chi connectivity index (χ3v) is 8.63. The molecule has 3 amide bonds. The maximum Gasteiger partial charge on any atom is 0.330 e. The lowest BCUT2D eigenvalue weighted by Gasteiger charge is -2.37. The number of fused-ring (bicyclic) bond motifs is 1. The van der Waals surface area contributed by atoms with Gasteiger partial charge < -0.3 is 20.1 Å². The van der Waals surface area contributed by atoms with Crippen LogP contribution in [0.25, 0.3) is 0 Å². The number of hydrogen-bond donors (Lipinski definition) is 2. The van der Waals surface area contributed by atoms with Gasteiger partial charge in [-0.15, -0.1) is 11.3 Å². The Morgan fingerprint density at radius 3 is 2.46 bits per heavy atom. The lowest BCUT2D eigenvalue weighted by molar-refractivity contribution is -0.121. The van der Waals surface area contributed by atoms with Gasteiger partial charge in [0.15, 0.2) is 0 Å². The van der Waals surface area contributed by atoms with E-state index >= 15 is 0 Å². The normalized spacial score (nSPS) is 18.6. The van der Waals surface area contributed by atoms with Crippen molar-refractivity contribution >= 4 is 63.9 Å². The molecule has 0 unspecified atom stereocenters. The third-order valence-electron chi connectivity index (χ3n) is 7.26. The number of nitrogens with one attached hydrogen (secondary N) is 2. The van der Waals surface area contributed by atoms with Gasteiger partial charge in [-0.25, -0.2) is 14.8 Å². The lowest BCUT2D eigenvalue weighted by Crippen LogP contribution is -2.49. The number of halogens is 2. The van der Waals surface area contributed by atoms with Crippen molar-refractivity contribution in [3.8, 4) is 11.5 Å². The predicted octanol–water partition coefficient (Wildman–Crippen LogP) is 5.65. The van der Waals surface area contributed by atoms with Crippen LogP contribution >= 0.6 is 34.5 Å². The minimum atomic E-state index is -0.389. The van der Waals surface area contributed by atoms with E-state index in [1.165, 1.54) is 35.4 Å². The second-order valence-electron chi connectivity index (χ2n) is 9.80. The molecule has 218 valence electrons. The molecule has 3 aromatic rings. The molecule has 41 heavy (non-hydrogen) atoms. The van der Waals surface area contributed by atoms with Gasteiger partial charge in [-0.05, 0) is 12.8 Å². The Labute approximate surface area is 252 Å². The number of nitrogens with zero attached hydrogens (tertiary/aromatic N) is 5. The van der Waals surface area contributed by atoms with Gasteiger partial charge in [-0.2, -0.15) is 4.98 Å². The van der Waals surface area contributed by atoms with E-state index in [2.05, 4.69) is 20.6 Å². The fourth-order valence-electron chi connectivity index (χ4n) is 5.14. The summed E-state index contributed by atoms with van der Waals surface area (Å²) in [5.41, 5.74) is 3.38.